The number of hydrogen-bond acceptors (Lipinski definition) is 4. The molecule has 206 valence electrons. The third-order valence-corrected chi connectivity index (χ3v) is 8.28. The highest BCUT2D eigenvalue weighted by Crippen LogP contribution is 2.44. The van der Waals surface area contributed by atoms with Gasteiger partial charge in [-0.1, -0.05) is 33.0 Å². The van der Waals surface area contributed by atoms with E-state index in [9.17, 15) is 18.4 Å². The molecule has 38 heavy (non-hydrogen) atoms. The number of H-pyrrole nitrogens is 1. The van der Waals surface area contributed by atoms with Crippen molar-refractivity contribution in [2.75, 3.05) is 26.7 Å². The van der Waals surface area contributed by atoms with Crippen LogP contribution in [0.3, 0.4) is 0 Å². The number of methoxy groups -OCH3 is 1. The number of halogens is 2. The van der Waals surface area contributed by atoms with E-state index < -0.39 is 25.8 Å². The van der Waals surface area contributed by atoms with E-state index in [4.69, 9.17) is 4.74 Å². The van der Waals surface area contributed by atoms with E-state index in [0.717, 1.165) is 30.2 Å². The predicted octanol–water partition coefficient (Wildman–Crippen LogP) is 4.95. The Bertz CT molecular complexity index is 1250. The first-order valence-corrected chi connectivity index (χ1v) is 16.9. The molecule has 1 saturated heterocycles. The summed E-state index contributed by atoms with van der Waals surface area (Å²) in [5.74, 6) is 1.37. The fourth-order valence-corrected chi connectivity index (χ4v) is 6.05. The lowest BCUT2D eigenvalue weighted by Crippen LogP contribution is -2.56. The molecule has 7 nitrogen and oxygen atoms in total. The van der Waals surface area contributed by atoms with Crippen LogP contribution in [0.2, 0.25) is 19.6 Å². The van der Waals surface area contributed by atoms with Crippen molar-refractivity contribution in [2.45, 2.75) is 70.9 Å². The van der Waals surface area contributed by atoms with Gasteiger partial charge in [-0.25, -0.2) is 13.6 Å². The monoisotopic (exact) mass is 544 g/mol. The zero-order valence-electron chi connectivity index (χ0n) is 22.9. The fourth-order valence-electron chi connectivity index (χ4n) is 5.57. The molecule has 0 bridgehead atoms. The van der Waals surface area contributed by atoms with Crippen LogP contribution in [0.5, 0.6) is 0 Å². The number of carbonyl (C=O) groups is 2. The number of amides is 2. The third-order valence-electron chi connectivity index (χ3n) is 7.40. The average molecular weight is 545 g/mol. The van der Waals surface area contributed by atoms with Gasteiger partial charge in [0.25, 0.3) is 5.91 Å². The standard InChI is InChI=1S/C28H38F2N4O3Si/c1-6-7-11-31-23-17-21-20-15-19(29)16-22(30)25(20)32-26(21)27(34(23)24(35)10-14-38(3,4)5)18-8-12-33(13-9-18)28(36)37-2/h15-16,18,23,27,31-32H,6-9,11-13,17H2,1-5H3/t23-,27+/m1/s1. The normalized spacial score (nSPS) is 20.2. The van der Waals surface area contributed by atoms with Gasteiger partial charge in [-0.05, 0) is 49.3 Å². The van der Waals surface area contributed by atoms with E-state index in [2.05, 4.69) is 48.3 Å². The topological polar surface area (TPSA) is 77.7 Å². The summed E-state index contributed by atoms with van der Waals surface area (Å²) in [5, 5.41) is 4.05. The van der Waals surface area contributed by atoms with E-state index >= 15 is 0 Å². The number of piperidine rings is 1. The summed E-state index contributed by atoms with van der Waals surface area (Å²) in [5.41, 5.74) is 5.02. The molecule has 0 unspecified atom stereocenters. The zero-order chi connectivity index (χ0) is 27.6. The molecule has 3 heterocycles. The van der Waals surface area contributed by atoms with Crippen molar-refractivity contribution in [3.05, 3.63) is 35.0 Å². The van der Waals surface area contributed by atoms with Gasteiger partial charge < -0.3 is 19.5 Å². The minimum absolute atomic E-state index is 0.0102. The van der Waals surface area contributed by atoms with Crippen LogP contribution < -0.4 is 5.32 Å². The van der Waals surface area contributed by atoms with Crippen molar-refractivity contribution < 1.29 is 23.1 Å². The highest BCUT2D eigenvalue weighted by molar-refractivity contribution is 6.84. The number of nitrogens with zero attached hydrogens (tertiary/aromatic N) is 2. The number of aromatic amines is 1. The number of ether oxygens (including phenoxy) is 1. The molecule has 1 fully saturated rings. The summed E-state index contributed by atoms with van der Waals surface area (Å²) in [6.45, 7) is 10.1. The smallest absolute Gasteiger partial charge is 0.409 e. The SMILES string of the molecule is CCCCN[C@H]1Cc2c([nH]c3c(F)cc(F)cc23)[C@H](C2CCN(C(=O)OC)CC2)N1C(=O)C#C[Si](C)(C)C. The Morgan fingerprint density at radius 3 is 2.55 bits per heavy atom. The summed E-state index contributed by atoms with van der Waals surface area (Å²) >= 11 is 0. The van der Waals surface area contributed by atoms with Gasteiger partial charge in [0.2, 0.25) is 0 Å². The minimum atomic E-state index is -1.82. The molecule has 1 aromatic heterocycles. The van der Waals surface area contributed by atoms with Crippen LogP contribution in [0.25, 0.3) is 10.9 Å². The Labute approximate surface area is 224 Å². The van der Waals surface area contributed by atoms with E-state index in [1.807, 2.05) is 4.90 Å². The van der Waals surface area contributed by atoms with E-state index in [0.29, 0.717) is 44.3 Å². The second kappa shape index (κ2) is 11.5. The first-order chi connectivity index (χ1) is 18.0. The molecule has 2 atom stereocenters. The first-order valence-electron chi connectivity index (χ1n) is 13.4. The van der Waals surface area contributed by atoms with E-state index in [-0.39, 0.29) is 29.6 Å². The molecule has 2 aromatic rings. The van der Waals surface area contributed by atoms with Crippen molar-refractivity contribution >= 4 is 31.0 Å². The van der Waals surface area contributed by atoms with Crippen LogP contribution in [0.1, 0.15) is 49.9 Å². The van der Waals surface area contributed by atoms with Gasteiger partial charge in [-0.3, -0.25) is 10.1 Å². The second-order valence-electron chi connectivity index (χ2n) is 11.3. The van der Waals surface area contributed by atoms with Gasteiger partial charge in [0.05, 0.1) is 24.8 Å². The van der Waals surface area contributed by atoms with Crippen LogP contribution in [-0.2, 0) is 16.0 Å². The van der Waals surface area contributed by atoms with Crippen LogP contribution >= 0.6 is 0 Å². The first kappa shape index (κ1) is 28.1. The number of rotatable bonds is 5. The van der Waals surface area contributed by atoms with Crippen LogP contribution in [-0.4, -0.2) is 67.8 Å². The van der Waals surface area contributed by atoms with Gasteiger partial charge in [0, 0.05) is 36.7 Å². The third kappa shape index (κ3) is 5.89. The summed E-state index contributed by atoms with van der Waals surface area (Å²) in [7, 11) is -0.457. The number of nitrogens with one attached hydrogen (secondary N) is 2. The lowest BCUT2D eigenvalue weighted by Gasteiger charge is -2.46. The van der Waals surface area contributed by atoms with Crippen molar-refractivity contribution in [1.29, 1.82) is 0 Å². The average Bonchev–Trinajstić information content (AvgIpc) is 3.24. The molecule has 0 aliphatic carbocycles. The molecule has 2 N–H and O–H groups in total. The molecule has 2 amide bonds. The van der Waals surface area contributed by atoms with Crippen LogP contribution in [0.4, 0.5) is 13.6 Å². The van der Waals surface area contributed by atoms with Crippen molar-refractivity contribution in [3.63, 3.8) is 0 Å². The van der Waals surface area contributed by atoms with Gasteiger partial charge >= 0.3 is 6.09 Å². The number of fused-ring (bicyclic) bond motifs is 3. The quantitative estimate of drug-likeness (QED) is 0.317. The van der Waals surface area contributed by atoms with E-state index in [1.165, 1.54) is 13.2 Å². The Hall–Kier alpha value is -2.90. The summed E-state index contributed by atoms with van der Waals surface area (Å²) in [6.07, 6.45) is 2.88. The number of carbonyl (C=O) groups excluding carboxylic acids is 2. The Morgan fingerprint density at radius 1 is 1.21 bits per heavy atom. The molecule has 2 aliphatic rings. The second-order valence-corrected chi connectivity index (χ2v) is 16.1. The molecule has 0 spiro atoms. The number of likely N-dealkylation sites (tertiary alicyclic amines) is 1. The maximum Gasteiger partial charge on any atom is 0.409 e. The van der Waals surface area contributed by atoms with Gasteiger partial charge in [0.1, 0.15) is 19.7 Å². The molecular formula is C28H38F2N4O3Si. The fraction of sp³-hybridized carbons (Fsp3) is 0.571. The highest BCUT2D eigenvalue weighted by atomic mass is 28.3. The molecule has 4 rings (SSSR count). The number of benzene rings is 1. The van der Waals surface area contributed by atoms with E-state index in [1.54, 1.807) is 4.90 Å². The Kier molecular flexibility index (Phi) is 8.48. The van der Waals surface area contributed by atoms with Crippen LogP contribution in [0, 0.1) is 29.0 Å². The van der Waals surface area contributed by atoms with Crippen LogP contribution in [0.15, 0.2) is 12.1 Å². The Balaban J connectivity index is 1.82. The number of hydrogen-bond donors (Lipinski definition) is 2. The van der Waals surface area contributed by atoms with Gasteiger partial charge in [-0.15, -0.1) is 5.54 Å². The summed E-state index contributed by atoms with van der Waals surface area (Å²) in [6, 6.07) is 1.83. The largest absolute Gasteiger partial charge is 0.453 e. The molecular weight excluding hydrogens is 506 g/mol. The zero-order valence-corrected chi connectivity index (χ0v) is 23.9. The molecule has 10 heteroatoms. The number of aromatic nitrogens is 1. The maximum atomic E-state index is 14.9. The predicted molar refractivity (Wildman–Crippen MR) is 146 cm³/mol. The van der Waals surface area contributed by atoms with Gasteiger partial charge in [-0.2, -0.15) is 0 Å². The minimum Gasteiger partial charge on any atom is -0.453 e. The van der Waals surface area contributed by atoms with Crippen molar-refractivity contribution in [2.24, 2.45) is 5.92 Å². The maximum absolute atomic E-state index is 14.9. The summed E-state index contributed by atoms with van der Waals surface area (Å²) < 4.78 is 34.1. The molecule has 0 saturated carbocycles. The molecule has 1 aromatic carbocycles. The van der Waals surface area contributed by atoms with Gasteiger partial charge in [0.15, 0.2) is 0 Å². The molecule has 0 radical (unpaired) electrons. The lowest BCUT2D eigenvalue weighted by molar-refractivity contribution is -0.134. The van der Waals surface area contributed by atoms with Crippen molar-refractivity contribution in [3.8, 4) is 11.5 Å². The lowest BCUT2D eigenvalue weighted by atomic mass is 9.81. The molecule has 2 aliphatic heterocycles. The Morgan fingerprint density at radius 2 is 1.92 bits per heavy atom. The number of unbranched alkanes of at least 4 members (excludes halogenated alkanes) is 1. The van der Waals surface area contributed by atoms with Crippen molar-refractivity contribution in [1.82, 2.24) is 20.1 Å². The summed E-state index contributed by atoms with van der Waals surface area (Å²) in [4.78, 5) is 32.7. The highest BCUT2D eigenvalue weighted by Gasteiger charge is 2.44.